The largest absolute Gasteiger partial charge is 0.392 e. The van der Waals surface area contributed by atoms with Gasteiger partial charge in [-0.05, 0) is 24.3 Å². The maximum absolute atomic E-state index is 11.3. The number of thiocarbonyl (C=S) groups is 1. The third kappa shape index (κ3) is 6.20. The van der Waals surface area contributed by atoms with Crippen molar-refractivity contribution in [2.24, 2.45) is 5.73 Å². The van der Waals surface area contributed by atoms with Gasteiger partial charge in [0.05, 0.1) is 17.1 Å². The first-order chi connectivity index (χ1) is 12.1. The van der Waals surface area contributed by atoms with E-state index in [0.29, 0.717) is 10.7 Å². The highest BCUT2D eigenvalue weighted by Gasteiger charge is 2.04. The molecule has 1 amide bonds. The Morgan fingerprint density at radius 3 is 2.40 bits per heavy atom. The van der Waals surface area contributed by atoms with Crippen molar-refractivity contribution >= 4 is 39.6 Å². The SMILES string of the molecule is NC(=S)CNC(=O)c1cccnc1.Nc1nnc(-c2cccnc2)s1. The Bertz CT molecular complexity index is 824. The molecule has 25 heavy (non-hydrogen) atoms. The fourth-order valence-electron chi connectivity index (χ4n) is 1.61. The number of nitrogens with two attached hydrogens (primary N) is 2. The van der Waals surface area contributed by atoms with Crippen LogP contribution in [0.25, 0.3) is 10.6 Å². The molecule has 0 spiro atoms. The van der Waals surface area contributed by atoms with Crippen molar-refractivity contribution in [1.82, 2.24) is 25.5 Å². The normalized spacial score (nSPS) is 9.60. The van der Waals surface area contributed by atoms with Crippen molar-refractivity contribution in [3.05, 3.63) is 54.6 Å². The van der Waals surface area contributed by atoms with Crippen LogP contribution in [0.4, 0.5) is 5.13 Å². The Balaban J connectivity index is 0.000000181. The molecule has 0 unspecified atom stereocenters. The molecule has 0 aromatic carbocycles. The van der Waals surface area contributed by atoms with E-state index >= 15 is 0 Å². The van der Waals surface area contributed by atoms with Crippen molar-refractivity contribution in [2.45, 2.75) is 0 Å². The van der Waals surface area contributed by atoms with Crippen LogP contribution in [0.15, 0.2) is 49.1 Å². The molecule has 0 saturated carbocycles. The Morgan fingerprint density at radius 1 is 1.16 bits per heavy atom. The number of hydrogen-bond acceptors (Lipinski definition) is 8. The van der Waals surface area contributed by atoms with E-state index in [4.69, 9.17) is 11.5 Å². The molecule has 0 aliphatic heterocycles. The maximum Gasteiger partial charge on any atom is 0.253 e. The minimum Gasteiger partial charge on any atom is -0.392 e. The molecule has 0 atom stereocenters. The lowest BCUT2D eigenvalue weighted by Crippen LogP contribution is -2.32. The predicted octanol–water partition coefficient (Wildman–Crippen LogP) is 1.28. The van der Waals surface area contributed by atoms with Gasteiger partial charge in [-0.15, -0.1) is 10.2 Å². The molecule has 0 fully saturated rings. The molecule has 128 valence electrons. The number of rotatable bonds is 4. The van der Waals surface area contributed by atoms with Crippen LogP contribution >= 0.6 is 23.6 Å². The number of aromatic nitrogens is 4. The highest BCUT2D eigenvalue weighted by atomic mass is 32.1. The molecule has 3 heterocycles. The topological polar surface area (TPSA) is 133 Å². The van der Waals surface area contributed by atoms with Gasteiger partial charge in [-0.1, -0.05) is 23.6 Å². The van der Waals surface area contributed by atoms with Crippen LogP contribution in [0.3, 0.4) is 0 Å². The van der Waals surface area contributed by atoms with E-state index in [1.54, 1.807) is 30.7 Å². The van der Waals surface area contributed by atoms with E-state index in [0.717, 1.165) is 10.6 Å². The quantitative estimate of drug-likeness (QED) is 0.583. The lowest BCUT2D eigenvalue weighted by Gasteiger charge is -2.02. The van der Waals surface area contributed by atoms with Gasteiger partial charge < -0.3 is 16.8 Å². The Hall–Kier alpha value is -2.98. The third-order valence-corrected chi connectivity index (χ3v) is 3.64. The fourth-order valence-corrected chi connectivity index (χ4v) is 2.28. The van der Waals surface area contributed by atoms with Gasteiger partial charge >= 0.3 is 0 Å². The van der Waals surface area contributed by atoms with Gasteiger partial charge in [0.2, 0.25) is 5.13 Å². The van der Waals surface area contributed by atoms with Crippen LogP contribution < -0.4 is 16.8 Å². The van der Waals surface area contributed by atoms with E-state index < -0.39 is 0 Å². The van der Waals surface area contributed by atoms with Crippen molar-refractivity contribution in [1.29, 1.82) is 0 Å². The minimum absolute atomic E-state index is 0.211. The third-order valence-electron chi connectivity index (χ3n) is 2.70. The summed E-state index contributed by atoms with van der Waals surface area (Å²) in [7, 11) is 0. The molecule has 8 nitrogen and oxygen atoms in total. The Morgan fingerprint density at radius 2 is 1.88 bits per heavy atom. The van der Waals surface area contributed by atoms with Crippen LogP contribution in [0, 0.1) is 0 Å². The van der Waals surface area contributed by atoms with Gasteiger partial charge in [0.1, 0.15) is 0 Å². The number of carbonyl (C=O) groups excluding carboxylic acids is 1. The second-order valence-corrected chi connectivity index (χ2v) is 6.11. The predicted molar refractivity (Wildman–Crippen MR) is 101 cm³/mol. The molecule has 0 saturated heterocycles. The summed E-state index contributed by atoms with van der Waals surface area (Å²) >= 11 is 5.97. The number of nitrogen functional groups attached to an aromatic ring is 1. The summed E-state index contributed by atoms with van der Waals surface area (Å²) in [5.74, 6) is -0.221. The zero-order chi connectivity index (χ0) is 18.1. The van der Waals surface area contributed by atoms with Gasteiger partial charge in [0, 0.05) is 30.4 Å². The second kappa shape index (κ2) is 9.35. The fraction of sp³-hybridized carbons (Fsp3) is 0.0667. The molecule has 0 radical (unpaired) electrons. The van der Waals surface area contributed by atoms with Crippen molar-refractivity contribution in [3.8, 4) is 10.6 Å². The lowest BCUT2D eigenvalue weighted by atomic mass is 10.3. The molecule has 3 rings (SSSR count). The summed E-state index contributed by atoms with van der Waals surface area (Å²) in [6.45, 7) is 0.211. The van der Waals surface area contributed by atoms with Crippen LogP contribution in [0.5, 0.6) is 0 Å². The number of nitrogens with zero attached hydrogens (tertiary/aromatic N) is 4. The number of nitrogens with one attached hydrogen (secondary N) is 1. The summed E-state index contributed by atoms with van der Waals surface area (Å²) in [6, 6.07) is 7.14. The molecule has 10 heteroatoms. The highest BCUT2D eigenvalue weighted by molar-refractivity contribution is 7.80. The van der Waals surface area contributed by atoms with E-state index in [1.807, 2.05) is 12.1 Å². The van der Waals surface area contributed by atoms with Crippen LogP contribution in [-0.2, 0) is 0 Å². The van der Waals surface area contributed by atoms with Gasteiger partial charge in [0.25, 0.3) is 5.91 Å². The summed E-state index contributed by atoms with van der Waals surface area (Å²) in [5, 5.41) is 11.4. The lowest BCUT2D eigenvalue weighted by molar-refractivity contribution is 0.0959. The number of pyridine rings is 2. The van der Waals surface area contributed by atoms with E-state index in [-0.39, 0.29) is 17.4 Å². The summed E-state index contributed by atoms with van der Waals surface area (Å²) in [6.07, 6.45) is 6.53. The van der Waals surface area contributed by atoms with Crippen molar-refractivity contribution in [2.75, 3.05) is 12.3 Å². The molecule has 0 bridgehead atoms. The molecule has 3 aromatic rings. The monoisotopic (exact) mass is 373 g/mol. The van der Waals surface area contributed by atoms with Crippen LogP contribution in [0.2, 0.25) is 0 Å². The molecular weight excluding hydrogens is 358 g/mol. The zero-order valence-electron chi connectivity index (χ0n) is 13.0. The maximum atomic E-state index is 11.3. The molecule has 0 aliphatic rings. The second-order valence-electron chi connectivity index (χ2n) is 4.58. The van der Waals surface area contributed by atoms with Gasteiger partial charge in [-0.2, -0.15) is 0 Å². The van der Waals surface area contributed by atoms with E-state index in [1.165, 1.54) is 17.5 Å². The van der Waals surface area contributed by atoms with E-state index in [2.05, 4.69) is 37.7 Å². The first kappa shape index (κ1) is 18.4. The average Bonchev–Trinajstić information content (AvgIpc) is 3.08. The number of hydrogen-bond donors (Lipinski definition) is 3. The first-order valence-corrected chi connectivity index (χ1v) is 8.24. The van der Waals surface area contributed by atoms with Crippen molar-refractivity contribution < 1.29 is 4.79 Å². The molecule has 3 aromatic heterocycles. The number of amides is 1. The van der Waals surface area contributed by atoms with Crippen molar-refractivity contribution in [3.63, 3.8) is 0 Å². The van der Waals surface area contributed by atoms with Gasteiger partial charge in [-0.3, -0.25) is 14.8 Å². The minimum atomic E-state index is -0.221. The standard InChI is InChI=1S/C8H9N3OS.C7H6N4S/c9-7(13)5-11-8(12)6-2-1-3-10-4-6;8-7-11-10-6(12-7)5-2-1-3-9-4-5/h1-4H,5H2,(H2,9,13)(H,11,12);1-4H,(H2,8,11). The highest BCUT2D eigenvalue weighted by Crippen LogP contribution is 2.22. The Labute approximate surface area is 153 Å². The summed E-state index contributed by atoms with van der Waals surface area (Å²) < 4.78 is 0. The van der Waals surface area contributed by atoms with Crippen LogP contribution in [0.1, 0.15) is 10.4 Å². The first-order valence-electron chi connectivity index (χ1n) is 7.02. The number of anilines is 1. The summed E-state index contributed by atoms with van der Waals surface area (Å²) in [4.78, 5) is 19.3. The Kier molecular flexibility index (Phi) is 6.87. The summed E-state index contributed by atoms with van der Waals surface area (Å²) in [5.41, 5.74) is 12.1. The van der Waals surface area contributed by atoms with E-state index in [9.17, 15) is 4.79 Å². The molecular formula is C15H15N7OS2. The molecule has 5 N–H and O–H groups in total. The van der Waals surface area contributed by atoms with Gasteiger partial charge in [0.15, 0.2) is 5.01 Å². The smallest absolute Gasteiger partial charge is 0.253 e. The van der Waals surface area contributed by atoms with Crippen LogP contribution in [-0.4, -0.2) is 37.6 Å². The molecule has 0 aliphatic carbocycles. The average molecular weight is 373 g/mol. The number of carbonyl (C=O) groups is 1. The zero-order valence-corrected chi connectivity index (χ0v) is 14.6. The van der Waals surface area contributed by atoms with Gasteiger partial charge in [-0.25, -0.2) is 0 Å².